The van der Waals surface area contributed by atoms with Crippen LogP contribution in [0.25, 0.3) is 11.1 Å². The van der Waals surface area contributed by atoms with Crippen LogP contribution < -0.4 is 5.48 Å². The molecule has 1 aromatic carbocycles. The van der Waals surface area contributed by atoms with Crippen molar-refractivity contribution in [1.29, 1.82) is 0 Å². The topological polar surface area (TPSA) is 109 Å². The van der Waals surface area contributed by atoms with Crippen LogP contribution in [0.15, 0.2) is 30.5 Å². The van der Waals surface area contributed by atoms with Crippen LogP contribution in [0.3, 0.4) is 0 Å². The number of halogens is 4. The smallest absolute Gasteiger partial charge is 0.318 e. The van der Waals surface area contributed by atoms with Crippen molar-refractivity contribution in [3.63, 3.8) is 0 Å². The Morgan fingerprint density at radius 2 is 1.91 bits per heavy atom. The molecule has 13 heteroatoms. The van der Waals surface area contributed by atoms with Gasteiger partial charge in [0, 0.05) is 35.8 Å². The molecule has 1 aliphatic rings. The summed E-state index contributed by atoms with van der Waals surface area (Å²) < 4.78 is 75.7. The molecule has 1 aliphatic heterocycles. The Morgan fingerprint density at radius 1 is 1.25 bits per heavy atom. The summed E-state index contributed by atoms with van der Waals surface area (Å²) in [7, 11) is -3.94. The number of hydroxylamine groups is 1. The van der Waals surface area contributed by atoms with Crippen LogP contribution in [-0.4, -0.2) is 52.6 Å². The molecule has 8 nitrogen and oxygen atoms in total. The molecule has 0 aliphatic carbocycles. The second-order valence-electron chi connectivity index (χ2n) is 7.68. The number of aromatic nitrogens is 1. The normalized spacial score (nSPS) is 16.1. The molecule has 2 N–H and O–H groups in total. The minimum absolute atomic E-state index is 0.0155. The van der Waals surface area contributed by atoms with Gasteiger partial charge in [-0.2, -0.15) is 13.2 Å². The number of alkyl halides is 3. The van der Waals surface area contributed by atoms with Gasteiger partial charge in [0.2, 0.25) is 0 Å². The lowest BCUT2D eigenvalue weighted by Crippen LogP contribution is -2.50. The molecule has 0 saturated carbocycles. The Labute approximate surface area is 180 Å². The van der Waals surface area contributed by atoms with Crippen molar-refractivity contribution in [3.05, 3.63) is 47.5 Å². The van der Waals surface area contributed by atoms with Crippen LogP contribution in [0.5, 0.6) is 0 Å². The second kappa shape index (κ2) is 7.89. The first-order chi connectivity index (χ1) is 14.7. The minimum Gasteiger partial charge on any atom is -0.318 e. The van der Waals surface area contributed by atoms with Crippen molar-refractivity contribution < 1.29 is 40.8 Å². The van der Waals surface area contributed by atoms with E-state index in [4.69, 9.17) is 5.21 Å². The Kier molecular flexibility index (Phi) is 5.85. The van der Waals surface area contributed by atoms with E-state index in [2.05, 4.69) is 0 Å². The number of benzene rings is 1. The van der Waals surface area contributed by atoms with E-state index in [1.165, 1.54) is 27.2 Å². The molecule has 0 spiro atoms. The number of fused-ring (bicyclic) bond motifs is 1. The van der Waals surface area contributed by atoms with E-state index in [1.807, 2.05) is 0 Å². The second-order valence-corrected chi connectivity index (χ2v) is 10.1. The zero-order valence-corrected chi connectivity index (χ0v) is 17.7. The van der Waals surface area contributed by atoms with Gasteiger partial charge < -0.3 is 4.90 Å². The molecule has 0 fully saturated rings. The predicted octanol–water partition coefficient (Wildman–Crippen LogP) is 2.80. The molecule has 0 saturated heterocycles. The van der Waals surface area contributed by atoms with Gasteiger partial charge in [-0.15, -0.1) is 0 Å². The summed E-state index contributed by atoms with van der Waals surface area (Å²) in [6.45, 7) is 1.00. The van der Waals surface area contributed by atoms with Crippen LogP contribution in [0.1, 0.15) is 24.6 Å². The van der Waals surface area contributed by atoms with E-state index in [1.54, 1.807) is 0 Å². The highest BCUT2D eigenvalue weighted by molar-refractivity contribution is 7.92. The third kappa shape index (κ3) is 4.09. The van der Waals surface area contributed by atoms with Gasteiger partial charge in [0.25, 0.3) is 5.91 Å². The fourth-order valence-corrected chi connectivity index (χ4v) is 4.25. The summed E-state index contributed by atoms with van der Waals surface area (Å²) in [5, 5.41) is 8.87. The van der Waals surface area contributed by atoms with Crippen molar-refractivity contribution in [3.8, 4) is 11.1 Å². The molecule has 0 unspecified atom stereocenters. The number of sulfone groups is 1. The van der Waals surface area contributed by atoms with Gasteiger partial charge >= 0.3 is 12.2 Å². The summed E-state index contributed by atoms with van der Waals surface area (Å²) in [5.41, 5.74) is 0.706. The van der Waals surface area contributed by atoms with Crippen LogP contribution in [-0.2, 0) is 27.4 Å². The number of carbonyl (C=O) groups excluding carboxylic acids is 2. The number of nitrogens with one attached hydrogen (secondary N) is 1. The Bertz CT molecular complexity index is 1190. The molecule has 1 atom stereocenters. The molecule has 174 valence electrons. The summed E-state index contributed by atoms with van der Waals surface area (Å²) >= 11 is 0. The van der Waals surface area contributed by atoms with Gasteiger partial charge in [0.15, 0.2) is 14.6 Å². The third-order valence-corrected chi connectivity index (χ3v) is 7.62. The molecule has 1 aromatic heterocycles. The molecule has 2 aromatic rings. The summed E-state index contributed by atoms with van der Waals surface area (Å²) in [4.78, 5) is 25.8. The van der Waals surface area contributed by atoms with Crippen molar-refractivity contribution in [1.82, 2.24) is 14.9 Å². The van der Waals surface area contributed by atoms with Gasteiger partial charge in [0.05, 0.1) is 12.1 Å². The van der Waals surface area contributed by atoms with E-state index in [0.717, 1.165) is 25.3 Å². The first-order valence-electron chi connectivity index (χ1n) is 9.21. The summed E-state index contributed by atoms with van der Waals surface area (Å²) in [6.07, 6.45) is -2.87. The average Bonchev–Trinajstić information content (AvgIpc) is 3.23. The van der Waals surface area contributed by atoms with Gasteiger partial charge in [-0.1, -0.05) is 6.07 Å². The van der Waals surface area contributed by atoms with Crippen LogP contribution in [0.2, 0.25) is 0 Å². The Hall–Kier alpha value is -2.93. The van der Waals surface area contributed by atoms with Crippen LogP contribution >= 0.6 is 0 Å². The lowest BCUT2D eigenvalue weighted by atomic mass is 10.0. The fraction of sp³-hybridized carbons (Fsp3) is 0.368. The third-order valence-electron chi connectivity index (χ3n) is 5.60. The number of carbonyl (C=O) groups is 2. The van der Waals surface area contributed by atoms with Crippen LogP contribution in [0, 0.1) is 5.82 Å². The molecule has 2 heterocycles. The molecule has 3 rings (SSSR count). The summed E-state index contributed by atoms with van der Waals surface area (Å²) in [6, 6.07) is 2.98. The standard InChI is InChI=1S/C19H19F4N3O5S/c1-18(16(27)24-29,32(2,30)31)5-6-25-10-13-7-11(9-26(13)17(25)28)14-4-3-12(8-15(14)20)19(21,22)23/h3-4,7-9,29H,5-6,10H2,1-2H3,(H,24,27)/t18-/m1/s1. The average molecular weight is 477 g/mol. The lowest BCUT2D eigenvalue weighted by Gasteiger charge is -2.27. The highest BCUT2D eigenvalue weighted by atomic mass is 32.2. The van der Waals surface area contributed by atoms with E-state index >= 15 is 0 Å². The van der Waals surface area contributed by atoms with Crippen LogP contribution in [0.4, 0.5) is 22.4 Å². The fourth-order valence-electron chi connectivity index (χ4n) is 3.41. The molecule has 0 radical (unpaired) electrons. The highest BCUT2D eigenvalue weighted by Crippen LogP contribution is 2.34. The number of hydrogen-bond donors (Lipinski definition) is 2. The minimum atomic E-state index is -4.69. The highest BCUT2D eigenvalue weighted by Gasteiger charge is 2.44. The first kappa shape index (κ1) is 23.7. The Morgan fingerprint density at radius 3 is 2.41 bits per heavy atom. The predicted molar refractivity (Wildman–Crippen MR) is 104 cm³/mol. The van der Waals surface area contributed by atoms with Gasteiger partial charge in [-0.25, -0.2) is 23.1 Å². The Balaban J connectivity index is 1.79. The van der Waals surface area contributed by atoms with E-state index < -0.39 is 44.1 Å². The SMILES string of the molecule is C[C@@](CCN1Cc2cc(-c3ccc(C(F)(F)F)cc3F)cn2C1=O)(C(=O)NO)S(C)(=O)=O. The zero-order valence-electron chi connectivity index (χ0n) is 16.9. The number of hydrogen-bond acceptors (Lipinski definition) is 5. The number of amides is 2. The summed E-state index contributed by atoms with van der Waals surface area (Å²) in [5.74, 6) is -2.22. The number of nitrogens with zero attached hydrogens (tertiary/aromatic N) is 2. The number of rotatable bonds is 6. The largest absolute Gasteiger partial charge is 0.416 e. The molecular weight excluding hydrogens is 458 g/mol. The van der Waals surface area contributed by atoms with Gasteiger partial charge in [-0.3, -0.25) is 14.6 Å². The maximum absolute atomic E-state index is 14.3. The zero-order chi connectivity index (χ0) is 24.1. The monoisotopic (exact) mass is 477 g/mol. The van der Waals surface area contributed by atoms with Crippen molar-refractivity contribution in [2.24, 2.45) is 0 Å². The molecule has 2 amide bonds. The van der Waals surface area contributed by atoms with Crippen molar-refractivity contribution in [2.45, 2.75) is 30.8 Å². The van der Waals surface area contributed by atoms with E-state index in [0.29, 0.717) is 11.8 Å². The lowest BCUT2D eigenvalue weighted by molar-refractivity contribution is -0.137. The molecule has 32 heavy (non-hydrogen) atoms. The van der Waals surface area contributed by atoms with E-state index in [-0.39, 0.29) is 30.6 Å². The van der Waals surface area contributed by atoms with Gasteiger partial charge in [0.1, 0.15) is 5.82 Å². The quantitative estimate of drug-likeness (QED) is 0.378. The molecular formula is C19H19F4N3O5S. The van der Waals surface area contributed by atoms with Crippen molar-refractivity contribution >= 4 is 21.8 Å². The maximum atomic E-state index is 14.3. The first-order valence-corrected chi connectivity index (χ1v) is 11.1. The van der Waals surface area contributed by atoms with E-state index in [9.17, 15) is 35.6 Å². The maximum Gasteiger partial charge on any atom is 0.416 e. The van der Waals surface area contributed by atoms with Crippen molar-refractivity contribution in [2.75, 3.05) is 12.8 Å². The van der Waals surface area contributed by atoms with Gasteiger partial charge in [-0.05, 0) is 31.5 Å². The molecule has 0 bridgehead atoms.